The Morgan fingerprint density at radius 3 is 2.75 bits per heavy atom. The SMILES string of the molecule is O=C(O)Cn1cc(CN2CCOCC2)c2ccccc21. The zero-order valence-electron chi connectivity index (χ0n) is 11.3. The molecule has 106 valence electrons. The standard InChI is InChI=1S/C15H18N2O3/c18-15(19)11-17-10-12(9-16-5-7-20-8-6-16)13-3-1-2-4-14(13)17/h1-4,10H,5-9,11H2,(H,18,19). The maximum atomic E-state index is 11.0. The lowest BCUT2D eigenvalue weighted by molar-refractivity contribution is -0.137. The van der Waals surface area contributed by atoms with Gasteiger partial charge in [0.05, 0.1) is 13.2 Å². The van der Waals surface area contributed by atoms with Crippen LogP contribution >= 0.6 is 0 Å². The lowest BCUT2D eigenvalue weighted by Crippen LogP contribution is -2.35. The van der Waals surface area contributed by atoms with Crippen LogP contribution < -0.4 is 0 Å². The van der Waals surface area contributed by atoms with Crippen molar-refractivity contribution < 1.29 is 14.6 Å². The first kappa shape index (κ1) is 13.1. The number of fused-ring (bicyclic) bond motifs is 1. The normalized spacial score (nSPS) is 16.6. The van der Waals surface area contributed by atoms with Gasteiger partial charge in [-0.2, -0.15) is 0 Å². The van der Waals surface area contributed by atoms with Crippen molar-refractivity contribution in [1.29, 1.82) is 0 Å². The molecule has 0 amide bonds. The molecule has 1 fully saturated rings. The zero-order valence-corrected chi connectivity index (χ0v) is 11.3. The van der Waals surface area contributed by atoms with Gasteiger partial charge in [-0.15, -0.1) is 0 Å². The summed E-state index contributed by atoms with van der Waals surface area (Å²) in [4.78, 5) is 13.3. The Balaban J connectivity index is 1.91. The molecule has 20 heavy (non-hydrogen) atoms. The van der Waals surface area contributed by atoms with Crippen LogP contribution in [0.4, 0.5) is 0 Å². The summed E-state index contributed by atoms with van der Waals surface area (Å²) in [5.41, 5.74) is 2.17. The van der Waals surface area contributed by atoms with Gasteiger partial charge in [-0.3, -0.25) is 9.69 Å². The Morgan fingerprint density at radius 2 is 2.00 bits per heavy atom. The Hall–Kier alpha value is -1.85. The van der Waals surface area contributed by atoms with Gasteiger partial charge in [0.15, 0.2) is 0 Å². The molecule has 2 heterocycles. The molecule has 5 nitrogen and oxygen atoms in total. The van der Waals surface area contributed by atoms with Crippen LogP contribution in [0.2, 0.25) is 0 Å². The molecule has 0 atom stereocenters. The van der Waals surface area contributed by atoms with Crippen LogP contribution in [0.25, 0.3) is 10.9 Å². The predicted octanol–water partition coefficient (Wildman–Crippen LogP) is 1.56. The van der Waals surface area contributed by atoms with Crippen molar-refractivity contribution in [2.24, 2.45) is 0 Å². The number of para-hydroxylation sites is 1. The molecule has 1 N–H and O–H groups in total. The van der Waals surface area contributed by atoms with Gasteiger partial charge in [0.1, 0.15) is 6.54 Å². The molecule has 1 aromatic heterocycles. The van der Waals surface area contributed by atoms with Crippen LogP contribution in [0.1, 0.15) is 5.56 Å². The number of benzene rings is 1. The van der Waals surface area contributed by atoms with Crippen LogP contribution in [0.3, 0.4) is 0 Å². The molecule has 0 spiro atoms. The third-order valence-electron chi connectivity index (χ3n) is 3.67. The van der Waals surface area contributed by atoms with Crippen molar-refractivity contribution in [1.82, 2.24) is 9.47 Å². The summed E-state index contributed by atoms with van der Waals surface area (Å²) >= 11 is 0. The number of ether oxygens (including phenoxy) is 1. The molecule has 1 saturated heterocycles. The molecule has 0 unspecified atom stereocenters. The molecular weight excluding hydrogens is 256 g/mol. The third-order valence-corrected chi connectivity index (χ3v) is 3.67. The largest absolute Gasteiger partial charge is 0.480 e. The van der Waals surface area contributed by atoms with E-state index in [-0.39, 0.29) is 6.54 Å². The minimum Gasteiger partial charge on any atom is -0.480 e. The van der Waals surface area contributed by atoms with E-state index in [1.165, 1.54) is 5.56 Å². The highest BCUT2D eigenvalue weighted by atomic mass is 16.5. The summed E-state index contributed by atoms with van der Waals surface area (Å²) < 4.78 is 7.17. The number of hydrogen-bond donors (Lipinski definition) is 1. The Kier molecular flexibility index (Phi) is 3.71. The summed E-state index contributed by atoms with van der Waals surface area (Å²) in [6.45, 7) is 4.25. The monoisotopic (exact) mass is 274 g/mol. The molecule has 3 rings (SSSR count). The van der Waals surface area contributed by atoms with E-state index in [0.717, 1.165) is 43.8 Å². The van der Waals surface area contributed by atoms with Crippen LogP contribution in [-0.4, -0.2) is 46.8 Å². The highest BCUT2D eigenvalue weighted by Gasteiger charge is 2.15. The van der Waals surface area contributed by atoms with Gasteiger partial charge >= 0.3 is 5.97 Å². The molecule has 0 bridgehead atoms. The van der Waals surface area contributed by atoms with Crippen molar-refractivity contribution >= 4 is 16.9 Å². The average Bonchev–Trinajstić information content (AvgIpc) is 2.78. The number of carboxylic acids is 1. The summed E-state index contributed by atoms with van der Waals surface area (Å²) in [5.74, 6) is -0.816. The number of aromatic nitrogens is 1. The number of rotatable bonds is 4. The van der Waals surface area contributed by atoms with Gasteiger partial charge in [-0.05, 0) is 11.6 Å². The van der Waals surface area contributed by atoms with Crippen molar-refractivity contribution in [3.63, 3.8) is 0 Å². The van der Waals surface area contributed by atoms with Crippen LogP contribution in [-0.2, 0) is 22.6 Å². The quantitative estimate of drug-likeness (QED) is 0.919. The Labute approximate surface area is 117 Å². The highest BCUT2D eigenvalue weighted by Crippen LogP contribution is 2.23. The zero-order chi connectivity index (χ0) is 13.9. The minimum atomic E-state index is -0.816. The fourth-order valence-corrected chi connectivity index (χ4v) is 2.73. The summed E-state index contributed by atoms with van der Waals surface area (Å²) in [6, 6.07) is 7.97. The van der Waals surface area contributed by atoms with Crippen molar-refractivity contribution in [2.75, 3.05) is 26.3 Å². The van der Waals surface area contributed by atoms with E-state index in [1.807, 2.05) is 29.0 Å². The van der Waals surface area contributed by atoms with E-state index in [1.54, 1.807) is 0 Å². The number of morpholine rings is 1. The van der Waals surface area contributed by atoms with E-state index in [2.05, 4.69) is 11.0 Å². The highest BCUT2D eigenvalue weighted by molar-refractivity contribution is 5.85. The maximum Gasteiger partial charge on any atom is 0.323 e. The van der Waals surface area contributed by atoms with E-state index >= 15 is 0 Å². The summed E-state index contributed by atoms with van der Waals surface area (Å²) in [6.07, 6.45) is 1.97. The fourth-order valence-electron chi connectivity index (χ4n) is 2.73. The molecule has 0 radical (unpaired) electrons. The molecule has 1 aromatic carbocycles. The average molecular weight is 274 g/mol. The van der Waals surface area contributed by atoms with E-state index in [0.29, 0.717) is 0 Å². The van der Waals surface area contributed by atoms with Crippen LogP contribution in [0, 0.1) is 0 Å². The first-order chi connectivity index (χ1) is 9.74. The molecule has 0 aliphatic carbocycles. The van der Waals surface area contributed by atoms with Crippen molar-refractivity contribution in [2.45, 2.75) is 13.1 Å². The second kappa shape index (κ2) is 5.64. The van der Waals surface area contributed by atoms with E-state index in [4.69, 9.17) is 9.84 Å². The van der Waals surface area contributed by atoms with Gasteiger partial charge in [-0.25, -0.2) is 0 Å². The number of hydrogen-bond acceptors (Lipinski definition) is 3. The number of nitrogens with zero attached hydrogens (tertiary/aromatic N) is 2. The van der Waals surface area contributed by atoms with Gasteiger partial charge < -0.3 is 14.4 Å². The third kappa shape index (κ3) is 2.69. The number of carboxylic acid groups (broad SMARTS) is 1. The van der Waals surface area contributed by atoms with Crippen LogP contribution in [0.15, 0.2) is 30.5 Å². The van der Waals surface area contributed by atoms with Crippen molar-refractivity contribution in [3.05, 3.63) is 36.0 Å². The van der Waals surface area contributed by atoms with Gasteiger partial charge in [0, 0.05) is 36.7 Å². The van der Waals surface area contributed by atoms with Crippen LogP contribution in [0.5, 0.6) is 0 Å². The molecule has 1 aliphatic heterocycles. The second-order valence-corrected chi connectivity index (χ2v) is 5.08. The van der Waals surface area contributed by atoms with E-state index in [9.17, 15) is 4.79 Å². The Bertz CT molecular complexity index is 615. The smallest absolute Gasteiger partial charge is 0.323 e. The van der Waals surface area contributed by atoms with E-state index < -0.39 is 5.97 Å². The maximum absolute atomic E-state index is 11.0. The lowest BCUT2D eigenvalue weighted by Gasteiger charge is -2.26. The minimum absolute atomic E-state index is 0.00360. The predicted molar refractivity (Wildman–Crippen MR) is 75.7 cm³/mol. The molecule has 0 saturated carbocycles. The van der Waals surface area contributed by atoms with Gasteiger partial charge in [0.2, 0.25) is 0 Å². The molecule has 5 heteroatoms. The van der Waals surface area contributed by atoms with Gasteiger partial charge in [0.25, 0.3) is 0 Å². The fraction of sp³-hybridized carbons (Fsp3) is 0.400. The molecular formula is C15H18N2O3. The van der Waals surface area contributed by atoms with Crippen molar-refractivity contribution in [3.8, 4) is 0 Å². The summed E-state index contributed by atoms with van der Waals surface area (Å²) in [7, 11) is 0. The first-order valence-corrected chi connectivity index (χ1v) is 6.82. The first-order valence-electron chi connectivity index (χ1n) is 6.82. The number of carbonyl (C=O) groups is 1. The second-order valence-electron chi connectivity index (χ2n) is 5.08. The van der Waals surface area contributed by atoms with Gasteiger partial charge in [-0.1, -0.05) is 18.2 Å². The number of aliphatic carboxylic acids is 1. The lowest BCUT2D eigenvalue weighted by atomic mass is 10.1. The molecule has 2 aromatic rings. The summed E-state index contributed by atoms with van der Waals surface area (Å²) in [5, 5.41) is 10.1. The molecule has 1 aliphatic rings. The topological polar surface area (TPSA) is 54.7 Å². The Morgan fingerprint density at radius 1 is 1.25 bits per heavy atom.